The van der Waals surface area contributed by atoms with Gasteiger partial charge >= 0.3 is 6.09 Å². The largest absolute Gasteiger partial charge is 0.493 e. The number of nitrogens with one attached hydrogen (secondary N) is 1. The fourth-order valence-electron chi connectivity index (χ4n) is 2.36. The molecule has 7 nitrogen and oxygen atoms in total. The molecular formula is C18H28N2O5. The molecule has 0 fully saturated rings. The second-order valence-electron chi connectivity index (χ2n) is 7.10. The molecule has 0 saturated heterocycles. The number of fused-ring (bicyclic) bond motifs is 1. The number of rotatable bonds is 6. The van der Waals surface area contributed by atoms with Crippen molar-refractivity contribution >= 4 is 6.09 Å². The summed E-state index contributed by atoms with van der Waals surface area (Å²) in [5.74, 6) is 1.99. The van der Waals surface area contributed by atoms with Gasteiger partial charge < -0.3 is 29.2 Å². The Bertz CT molecular complexity index is 612. The molecular weight excluding hydrogens is 324 g/mol. The van der Waals surface area contributed by atoms with Crippen LogP contribution in [0.15, 0.2) is 12.1 Å². The van der Waals surface area contributed by atoms with Crippen LogP contribution in [0.3, 0.4) is 0 Å². The number of hydrogen-bond acceptors (Lipinski definition) is 6. The molecule has 7 heteroatoms. The average Bonchev–Trinajstić information content (AvgIpc) is 3.00. The molecule has 0 bridgehead atoms. The third kappa shape index (κ3) is 5.16. The van der Waals surface area contributed by atoms with Gasteiger partial charge in [-0.25, -0.2) is 4.79 Å². The summed E-state index contributed by atoms with van der Waals surface area (Å²) in [6.45, 7) is 9.00. The Morgan fingerprint density at radius 3 is 2.72 bits per heavy atom. The first-order chi connectivity index (χ1) is 11.7. The molecule has 0 aromatic heterocycles. The highest BCUT2D eigenvalue weighted by molar-refractivity contribution is 5.68. The van der Waals surface area contributed by atoms with E-state index >= 15 is 0 Å². The summed E-state index contributed by atoms with van der Waals surface area (Å²) in [5.41, 5.74) is 0.523. The molecule has 25 heavy (non-hydrogen) atoms. The lowest BCUT2D eigenvalue weighted by Crippen LogP contribution is -2.43. The lowest BCUT2D eigenvalue weighted by Gasteiger charge is -2.28. The molecule has 1 aromatic carbocycles. The van der Waals surface area contributed by atoms with Crippen molar-refractivity contribution in [2.24, 2.45) is 0 Å². The van der Waals surface area contributed by atoms with Crippen LogP contribution in [-0.4, -0.2) is 50.1 Å². The van der Waals surface area contributed by atoms with E-state index in [0.717, 1.165) is 5.56 Å². The van der Waals surface area contributed by atoms with E-state index in [1.807, 2.05) is 39.8 Å². The van der Waals surface area contributed by atoms with Gasteiger partial charge in [0, 0.05) is 26.2 Å². The van der Waals surface area contributed by atoms with Crippen LogP contribution in [-0.2, 0) is 11.3 Å². The van der Waals surface area contributed by atoms with Crippen LogP contribution in [0.4, 0.5) is 4.79 Å². The fourth-order valence-corrected chi connectivity index (χ4v) is 2.36. The number of amides is 1. The minimum absolute atomic E-state index is 0.00856. The molecule has 2 rings (SSSR count). The van der Waals surface area contributed by atoms with Gasteiger partial charge in [0.2, 0.25) is 12.5 Å². The van der Waals surface area contributed by atoms with E-state index in [2.05, 4.69) is 5.32 Å². The maximum atomic E-state index is 12.1. The molecule has 1 unspecified atom stereocenters. The Kier molecular flexibility index (Phi) is 6.00. The molecule has 1 amide bonds. The van der Waals surface area contributed by atoms with Gasteiger partial charge in [-0.05, 0) is 45.4 Å². The third-order valence-corrected chi connectivity index (χ3v) is 3.83. The highest BCUT2D eigenvalue weighted by atomic mass is 16.7. The average molecular weight is 352 g/mol. The summed E-state index contributed by atoms with van der Waals surface area (Å²) >= 11 is 0. The lowest BCUT2D eigenvalue weighted by atomic mass is 10.1. The van der Waals surface area contributed by atoms with Gasteiger partial charge in [-0.3, -0.25) is 0 Å². The van der Waals surface area contributed by atoms with E-state index in [9.17, 15) is 4.79 Å². The summed E-state index contributed by atoms with van der Waals surface area (Å²) < 4.78 is 21.5. The summed E-state index contributed by atoms with van der Waals surface area (Å²) in [6, 6.07) is 3.84. The number of nitrogens with zero attached hydrogens (tertiary/aromatic N) is 1. The highest BCUT2D eigenvalue weighted by Gasteiger charge is 2.23. The normalized spacial score (nSPS) is 14.2. The molecule has 1 N–H and O–H groups in total. The molecule has 1 atom stereocenters. The molecule has 1 heterocycles. The monoisotopic (exact) mass is 352 g/mol. The van der Waals surface area contributed by atoms with Crippen molar-refractivity contribution in [1.82, 2.24) is 10.2 Å². The SMILES string of the molecule is COc1cc(CNCC(C)N(C)C(=O)OC(C)(C)C)cc2c1OCO2. The minimum Gasteiger partial charge on any atom is -0.493 e. The van der Waals surface area contributed by atoms with Gasteiger partial charge in [0.1, 0.15) is 5.60 Å². The molecule has 0 radical (unpaired) electrons. The number of methoxy groups -OCH3 is 1. The molecule has 1 aliphatic heterocycles. The van der Waals surface area contributed by atoms with Gasteiger partial charge in [0.15, 0.2) is 11.5 Å². The number of ether oxygens (including phenoxy) is 4. The van der Waals surface area contributed by atoms with Crippen molar-refractivity contribution < 1.29 is 23.7 Å². The number of carbonyl (C=O) groups excluding carboxylic acids is 1. The van der Waals surface area contributed by atoms with E-state index in [4.69, 9.17) is 18.9 Å². The fraction of sp³-hybridized carbons (Fsp3) is 0.611. The van der Waals surface area contributed by atoms with Crippen molar-refractivity contribution in [1.29, 1.82) is 0 Å². The Balaban J connectivity index is 1.87. The van der Waals surface area contributed by atoms with E-state index in [1.165, 1.54) is 0 Å². The molecule has 0 aliphatic carbocycles. The maximum Gasteiger partial charge on any atom is 0.410 e. The summed E-state index contributed by atoms with van der Waals surface area (Å²) in [5, 5.41) is 3.34. The smallest absolute Gasteiger partial charge is 0.410 e. The van der Waals surface area contributed by atoms with Crippen LogP contribution >= 0.6 is 0 Å². The molecule has 0 spiro atoms. The first-order valence-corrected chi connectivity index (χ1v) is 8.34. The van der Waals surface area contributed by atoms with Crippen LogP contribution in [0.1, 0.15) is 33.3 Å². The molecule has 1 aliphatic rings. The van der Waals surface area contributed by atoms with E-state index in [1.54, 1.807) is 19.1 Å². The van der Waals surface area contributed by atoms with Crippen LogP contribution in [0.2, 0.25) is 0 Å². The maximum absolute atomic E-state index is 12.1. The van der Waals surface area contributed by atoms with Crippen molar-refractivity contribution in [3.63, 3.8) is 0 Å². The standard InChI is InChI=1S/C18H28N2O5/c1-12(20(5)17(21)25-18(2,3)4)9-19-10-13-7-14(22-6)16-15(8-13)23-11-24-16/h7-8,12,19H,9-11H2,1-6H3. The lowest BCUT2D eigenvalue weighted by molar-refractivity contribution is 0.0236. The van der Waals surface area contributed by atoms with E-state index in [0.29, 0.717) is 30.3 Å². The molecule has 1 aromatic rings. The Morgan fingerprint density at radius 1 is 1.36 bits per heavy atom. The van der Waals surface area contributed by atoms with Crippen LogP contribution in [0.5, 0.6) is 17.2 Å². The van der Waals surface area contributed by atoms with Crippen LogP contribution in [0.25, 0.3) is 0 Å². The summed E-state index contributed by atoms with van der Waals surface area (Å²) in [4.78, 5) is 13.7. The zero-order valence-electron chi connectivity index (χ0n) is 15.8. The molecule has 0 saturated carbocycles. The predicted molar refractivity (Wildman–Crippen MR) is 94.3 cm³/mol. The van der Waals surface area contributed by atoms with E-state index < -0.39 is 5.60 Å². The van der Waals surface area contributed by atoms with Gasteiger partial charge in [0.05, 0.1) is 7.11 Å². The first kappa shape index (κ1) is 19.2. The third-order valence-electron chi connectivity index (χ3n) is 3.83. The number of benzene rings is 1. The Hall–Kier alpha value is -2.15. The van der Waals surface area contributed by atoms with Crippen LogP contribution < -0.4 is 19.5 Å². The Morgan fingerprint density at radius 2 is 2.08 bits per heavy atom. The minimum atomic E-state index is -0.498. The van der Waals surface area contributed by atoms with Crippen molar-refractivity contribution in [2.75, 3.05) is 27.5 Å². The van der Waals surface area contributed by atoms with Crippen LogP contribution in [0, 0.1) is 0 Å². The van der Waals surface area contributed by atoms with E-state index in [-0.39, 0.29) is 18.9 Å². The predicted octanol–water partition coefficient (Wildman–Crippen LogP) is 2.77. The van der Waals surface area contributed by atoms with Crippen molar-refractivity contribution in [2.45, 2.75) is 45.9 Å². The van der Waals surface area contributed by atoms with Gasteiger partial charge in [0.25, 0.3) is 0 Å². The van der Waals surface area contributed by atoms with Gasteiger partial charge in [-0.2, -0.15) is 0 Å². The molecule has 140 valence electrons. The second kappa shape index (κ2) is 7.82. The van der Waals surface area contributed by atoms with Crippen molar-refractivity contribution in [3.8, 4) is 17.2 Å². The Labute approximate surface area is 149 Å². The quantitative estimate of drug-likeness (QED) is 0.849. The number of likely N-dealkylation sites (N-methyl/N-ethyl adjacent to an activating group) is 1. The number of carbonyl (C=O) groups is 1. The highest BCUT2D eigenvalue weighted by Crippen LogP contribution is 2.41. The van der Waals surface area contributed by atoms with Gasteiger partial charge in [-0.1, -0.05) is 0 Å². The number of hydrogen-bond donors (Lipinski definition) is 1. The zero-order chi connectivity index (χ0) is 18.6. The van der Waals surface area contributed by atoms with Gasteiger partial charge in [-0.15, -0.1) is 0 Å². The zero-order valence-corrected chi connectivity index (χ0v) is 15.8. The summed E-state index contributed by atoms with van der Waals surface area (Å²) in [7, 11) is 3.34. The first-order valence-electron chi connectivity index (χ1n) is 8.34. The topological polar surface area (TPSA) is 69.3 Å². The second-order valence-corrected chi connectivity index (χ2v) is 7.10. The summed E-state index contributed by atoms with van der Waals surface area (Å²) in [6.07, 6.45) is -0.327. The van der Waals surface area contributed by atoms with Crippen molar-refractivity contribution in [3.05, 3.63) is 17.7 Å².